The van der Waals surface area contributed by atoms with E-state index in [1.54, 1.807) is 6.07 Å². The number of nitrogens with two attached hydrogens (primary N) is 1. The number of pyridine rings is 1. The number of fused-ring (bicyclic) bond motifs is 1. The SMILES string of the molecule is Nc1cc(Cl)ccc1NCCc1cccc2cccnc12. The van der Waals surface area contributed by atoms with Gasteiger partial charge in [-0.2, -0.15) is 0 Å². The molecule has 2 aromatic carbocycles. The summed E-state index contributed by atoms with van der Waals surface area (Å²) in [4.78, 5) is 4.47. The van der Waals surface area contributed by atoms with Crippen LogP contribution in [0.1, 0.15) is 5.56 Å². The Kier molecular flexibility index (Phi) is 3.93. The number of hydrogen-bond acceptors (Lipinski definition) is 3. The van der Waals surface area contributed by atoms with Crippen molar-refractivity contribution in [2.45, 2.75) is 6.42 Å². The minimum absolute atomic E-state index is 0.649. The van der Waals surface area contributed by atoms with E-state index in [2.05, 4.69) is 34.6 Å². The van der Waals surface area contributed by atoms with Crippen molar-refractivity contribution in [3.05, 3.63) is 65.3 Å². The van der Waals surface area contributed by atoms with E-state index in [9.17, 15) is 0 Å². The zero-order chi connectivity index (χ0) is 14.7. The van der Waals surface area contributed by atoms with Crippen molar-refractivity contribution >= 4 is 33.9 Å². The lowest BCUT2D eigenvalue weighted by Crippen LogP contribution is -2.07. The molecule has 4 heteroatoms. The van der Waals surface area contributed by atoms with E-state index in [-0.39, 0.29) is 0 Å². The molecule has 1 aromatic heterocycles. The second-order valence-corrected chi connectivity index (χ2v) is 5.34. The van der Waals surface area contributed by atoms with Crippen LogP contribution in [0.4, 0.5) is 11.4 Å². The Morgan fingerprint density at radius 1 is 1.10 bits per heavy atom. The average molecular weight is 298 g/mol. The number of para-hydroxylation sites is 1. The number of nitrogens with one attached hydrogen (secondary N) is 1. The van der Waals surface area contributed by atoms with Gasteiger partial charge in [0.05, 0.1) is 16.9 Å². The average Bonchev–Trinajstić information content (AvgIpc) is 2.50. The van der Waals surface area contributed by atoms with Crippen molar-refractivity contribution < 1.29 is 0 Å². The Balaban J connectivity index is 1.72. The van der Waals surface area contributed by atoms with Crippen LogP contribution in [0, 0.1) is 0 Å². The summed E-state index contributed by atoms with van der Waals surface area (Å²) in [5.74, 6) is 0. The molecular formula is C17H16ClN3. The standard InChI is InChI=1S/C17H16ClN3/c18-14-6-7-16(15(19)11-14)20-10-8-13-4-1-3-12-5-2-9-21-17(12)13/h1-7,9,11,20H,8,10,19H2. The molecule has 3 rings (SSSR count). The molecule has 0 radical (unpaired) electrons. The minimum atomic E-state index is 0.649. The second kappa shape index (κ2) is 6.02. The van der Waals surface area contributed by atoms with Gasteiger partial charge in [-0.1, -0.05) is 35.9 Å². The molecule has 0 atom stereocenters. The predicted octanol–water partition coefficient (Wildman–Crippen LogP) is 4.13. The van der Waals surface area contributed by atoms with Crippen LogP contribution in [0.3, 0.4) is 0 Å². The van der Waals surface area contributed by atoms with E-state index in [0.29, 0.717) is 10.7 Å². The van der Waals surface area contributed by atoms with Gasteiger partial charge in [0.15, 0.2) is 0 Å². The quantitative estimate of drug-likeness (QED) is 0.712. The maximum atomic E-state index is 5.93. The smallest absolute Gasteiger partial charge is 0.0734 e. The van der Waals surface area contributed by atoms with Gasteiger partial charge in [-0.3, -0.25) is 4.98 Å². The molecule has 0 aliphatic heterocycles. The number of halogens is 1. The zero-order valence-electron chi connectivity index (χ0n) is 11.5. The van der Waals surface area contributed by atoms with Crippen LogP contribution in [0.2, 0.25) is 5.02 Å². The van der Waals surface area contributed by atoms with Gasteiger partial charge < -0.3 is 11.1 Å². The fourth-order valence-electron chi connectivity index (χ4n) is 2.40. The highest BCUT2D eigenvalue weighted by Gasteiger charge is 2.03. The summed E-state index contributed by atoms with van der Waals surface area (Å²) >= 11 is 5.90. The molecule has 0 aliphatic carbocycles. The highest BCUT2D eigenvalue weighted by Crippen LogP contribution is 2.23. The molecule has 0 aliphatic rings. The summed E-state index contributed by atoms with van der Waals surface area (Å²) in [5, 5.41) is 5.16. The van der Waals surface area contributed by atoms with Crippen molar-refractivity contribution in [3.8, 4) is 0 Å². The van der Waals surface area contributed by atoms with E-state index in [0.717, 1.165) is 24.2 Å². The Morgan fingerprint density at radius 2 is 1.95 bits per heavy atom. The molecule has 0 unspecified atom stereocenters. The molecule has 3 nitrogen and oxygen atoms in total. The number of nitrogens with zero attached hydrogens (tertiary/aromatic N) is 1. The van der Waals surface area contributed by atoms with Crippen LogP contribution >= 0.6 is 11.6 Å². The lowest BCUT2D eigenvalue weighted by molar-refractivity contribution is 1.03. The van der Waals surface area contributed by atoms with Gasteiger partial charge in [0, 0.05) is 23.2 Å². The molecular weight excluding hydrogens is 282 g/mol. The van der Waals surface area contributed by atoms with E-state index in [4.69, 9.17) is 17.3 Å². The van der Waals surface area contributed by atoms with Gasteiger partial charge >= 0.3 is 0 Å². The van der Waals surface area contributed by atoms with Crippen LogP contribution < -0.4 is 11.1 Å². The first-order chi connectivity index (χ1) is 10.2. The van der Waals surface area contributed by atoms with Crippen molar-refractivity contribution in [2.24, 2.45) is 0 Å². The molecule has 0 saturated heterocycles. The van der Waals surface area contributed by atoms with Gasteiger partial charge in [0.2, 0.25) is 0 Å². The van der Waals surface area contributed by atoms with E-state index >= 15 is 0 Å². The molecule has 106 valence electrons. The van der Waals surface area contributed by atoms with Crippen molar-refractivity contribution in [3.63, 3.8) is 0 Å². The molecule has 0 spiro atoms. The molecule has 0 amide bonds. The van der Waals surface area contributed by atoms with Crippen molar-refractivity contribution in [1.29, 1.82) is 0 Å². The third-order valence-corrected chi connectivity index (χ3v) is 3.67. The first-order valence-corrected chi connectivity index (χ1v) is 7.23. The lowest BCUT2D eigenvalue weighted by Gasteiger charge is -2.10. The summed E-state index contributed by atoms with van der Waals surface area (Å²) in [6.07, 6.45) is 2.72. The topological polar surface area (TPSA) is 50.9 Å². The minimum Gasteiger partial charge on any atom is -0.397 e. The van der Waals surface area contributed by atoms with Gasteiger partial charge in [0.1, 0.15) is 0 Å². The van der Waals surface area contributed by atoms with Crippen LogP contribution in [0.25, 0.3) is 10.9 Å². The molecule has 0 fully saturated rings. The Labute approximate surface area is 128 Å². The zero-order valence-corrected chi connectivity index (χ0v) is 12.3. The second-order valence-electron chi connectivity index (χ2n) is 4.90. The van der Waals surface area contributed by atoms with Gasteiger partial charge in [-0.25, -0.2) is 0 Å². The largest absolute Gasteiger partial charge is 0.397 e. The number of aromatic nitrogens is 1. The van der Waals surface area contributed by atoms with Crippen LogP contribution in [-0.4, -0.2) is 11.5 Å². The van der Waals surface area contributed by atoms with E-state index in [1.807, 2.05) is 24.4 Å². The first kappa shape index (κ1) is 13.7. The van der Waals surface area contributed by atoms with Crippen LogP contribution in [-0.2, 0) is 6.42 Å². The van der Waals surface area contributed by atoms with Crippen LogP contribution in [0.5, 0.6) is 0 Å². The number of anilines is 2. The van der Waals surface area contributed by atoms with Crippen molar-refractivity contribution in [1.82, 2.24) is 4.98 Å². The number of hydrogen-bond donors (Lipinski definition) is 2. The summed E-state index contributed by atoms with van der Waals surface area (Å²) < 4.78 is 0. The van der Waals surface area contributed by atoms with Crippen LogP contribution in [0.15, 0.2) is 54.7 Å². The number of nitrogen functional groups attached to an aromatic ring is 1. The molecule has 0 bridgehead atoms. The van der Waals surface area contributed by atoms with Gasteiger partial charge in [0.25, 0.3) is 0 Å². The van der Waals surface area contributed by atoms with Gasteiger partial charge in [-0.05, 0) is 36.2 Å². The fraction of sp³-hybridized carbons (Fsp3) is 0.118. The summed E-state index contributed by atoms with van der Waals surface area (Å²) in [6, 6.07) is 15.8. The lowest BCUT2D eigenvalue weighted by atomic mass is 10.1. The summed E-state index contributed by atoms with van der Waals surface area (Å²) in [5.41, 5.74) is 9.80. The Hall–Kier alpha value is -2.26. The normalized spacial score (nSPS) is 10.7. The molecule has 3 aromatic rings. The highest BCUT2D eigenvalue weighted by molar-refractivity contribution is 6.31. The maximum absolute atomic E-state index is 5.93. The monoisotopic (exact) mass is 297 g/mol. The Bertz CT molecular complexity index is 766. The molecule has 21 heavy (non-hydrogen) atoms. The summed E-state index contributed by atoms with van der Waals surface area (Å²) in [7, 11) is 0. The van der Waals surface area contributed by atoms with E-state index in [1.165, 1.54) is 10.9 Å². The number of rotatable bonds is 4. The third kappa shape index (κ3) is 3.09. The third-order valence-electron chi connectivity index (χ3n) is 3.44. The van der Waals surface area contributed by atoms with Gasteiger partial charge in [-0.15, -0.1) is 0 Å². The first-order valence-electron chi connectivity index (χ1n) is 6.85. The molecule has 1 heterocycles. The summed E-state index contributed by atoms with van der Waals surface area (Å²) in [6.45, 7) is 0.793. The predicted molar refractivity (Wildman–Crippen MR) is 89.8 cm³/mol. The van der Waals surface area contributed by atoms with Crippen molar-refractivity contribution in [2.75, 3.05) is 17.6 Å². The maximum Gasteiger partial charge on any atom is 0.0734 e. The fourth-order valence-corrected chi connectivity index (χ4v) is 2.58. The van der Waals surface area contributed by atoms with E-state index < -0.39 is 0 Å². The highest BCUT2D eigenvalue weighted by atomic mass is 35.5. The molecule has 3 N–H and O–H groups in total. The molecule has 0 saturated carbocycles. The Morgan fingerprint density at radius 3 is 2.81 bits per heavy atom. The number of benzene rings is 2.